The highest BCUT2D eigenvalue weighted by Gasteiger charge is 2.15. The summed E-state index contributed by atoms with van der Waals surface area (Å²) in [4.78, 5) is 19.4. The predicted octanol–water partition coefficient (Wildman–Crippen LogP) is 3.79. The van der Waals surface area contributed by atoms with E-state index in [0.29, 0.717) is 16.9 Å². The van der Waals surface area contributed by atoms with Gasteiger partial charge in [-0.25, -0.2) is 14.2 Å². The van der Waals surface area contributed by atoms with Crippen LogP contribution in [-0.4, -0.2) is 27.3 Å². The highest BCUT2D eigenvalue weighted by Crippen LogP contribution is 2.30. The number of carboxylic acids is 1. The number of nitrogens with zero attached hydrogens (tertiary/aromatic N) is 1. The summed E-state index contributed by atoms with van der Waals surface area (Å²) in [7, 11) is 0. The average Bonchev–Trinajstić information content (AvgIpc) is 2.88. The van der Waals surface area contributed by atoms with E-state index in [2.05, 4.69) is 9.97 Å². The number of aromatic nitrogens is 2. The van der Waals surface area contributed by atoms with Gasteiger partial charge >= 0.3 is 5.97 Å². The van der Waals surface area contributed by atoms with E-state index < -0.39 is 11.8 Å². The van der Waals surface area contributed by atoms with Crippen LogP contribution in [0, 0.1) is 5.82 Å². The molecule has 0 unspecified atom stereocenters. The van der Waals surface area contributed by atoms with Crippen LogP contribution in [0.4, 0.5) is 4.39 Å². The van der Waals surface area contributed by atoms with Crippen molar-refractivity contribution in [3.05, 3.63) is 47.8 Å². The molecule has 0 radical (unpaired) electrons. The molecule has 0 saturated heterocycles. The SMILES string of the molecule is CSc1ccccc1-c1nc2cc(C(=O)O)c(F)cc2[nH]1. The van der Waals surface area contributed by atoms with Crippen molar-refractivity contribution in [1.29, 1.82) is 0 Å². The molecule has 21 heavy (non-hydrogen) atoms. The molecule has 0 aliphatic carbocycles. The van der Waals surface area contributed by atoms with E-state index in [0.717, 1.165) is 16.5 Å². The van der Waals surface area contributed by atoms with E-state index in [-0.39, 0.29) is 5.56 Å². The lowest BCUT2D eigenvalue weighted by atomic mass is 10.2. The number of halogens is 1. The Morgan fingerprint density at radius 2 is 2.10 bits per heavy atom. The Morgan fingerprint density at radius 1 is 1.33 bits per heavy atom. The second-order valence-electron chi connectivity index (χ2n) is 4.44. The number of nitrogens with one attached hydrogen (secondary N) is 1. The molecule has 1 heterocycles. The summed E-state index contributed by atoms with van der Waals surface area (Å²) in [6.07, 6.45) is 1.96. The Morgan fingerprint density at radius 3 is 2.81 bits per heavy atom. The molecule has 106 valence electrons. The van der Waals surface area contributed by atoms with E-state index >= 15 is 0 Å². The van der Waals surface area contributed by atoms with Gasteiger partial charge < -0.3 is 10.1 Å². The van der Waals surface area contributed by atoms with E-state index in [1.54, 1.807) is 11.8 Å². The van der Waals surface area contributed by atoms with Crippen LogP contribution in [0.3, 0.4) is 0 Å². The fourth-order valence-electron chi connectivity index (χ4n) is 2.16. The molecule has 0 fully saturated rings. The fourth-order valence-corrected chi connectivity index (χ4v) is 2.76. The number of imidazole rings is 1. The lowest BCUT2D eigenvalue weighted by molar-refractivity contribution is 0.0692. The van der Waals surface area contributed by atoms with E-state index in [1.165, 1.54) is 6.07 Å². The zero-order valence-electron chi connectivity index (χ0n) is 11.1. The molecule has 0 aliphatic rings. The number of aromatic carboxylic acids is 1. The molecule has 0 aliphatic heterocycles. The van der Waals surface area contributed by atoms with E-state index in [9.17, 15) is 9.18 Å². The predicted molar refractivity (Wildman–Crippen MR) is 80.2 cm³/mol. The minimum Gasteiger partial charge on any atom is -0.478 e. The maximum Gasteiger partial charge on any atom is 0.338 e. The molecule has 1 aromatic heterocycles. The number of fused-ring (bicyclic) bond motifs is 1. The highest BCUT2D eigenvalue weighted by molar-refractivity contribution is 7.98. The molecule has 0 atom stereocenters. The smallest absolute Gasteiger partial charge is 0.338 e. The molecular weight excluding hydrogens is 291 g/mol. The minimum absolute atomic E-state index is 0.376. The largest absolute Gasteiger partial charge is 0.478 e. The van der Waals surface area contributed by atoms with Crippen molar-refractivity contribution in [3.8, 4) is 11.4 Å². The van der Waals surface area contributed by atoms with Crippen molar-refractivity contribution in [2.75, 3.05) is 6.26 Å². The molecule has 3 rings (SSSR count). The molecule has 6 heteroatoms. The van der Waals surface area contributed by atoms with Gasteiger partial charge in [0.25, 0.3) is 0 Å². The van der Waals surface area contributed by atoms with Gasteiger partial charge in [0, 0.05) is 16.5 Å². The number of carboxylic acid groups (broad SMARTS) is 1. The first-order valence-corrected chi connectivity index (χ1v) is 7.38. The number of aromatic amines is 1. The first-order chi connectivity index (χ1) is 10.1. The Kier molecular flexibility index (Phi) is 3.39. The Balaban J connectivity index is 2.19. The van der Waals surface area contributed by atoms with Crippen molar-refractivity contribution in [1.82, 2.24) is 9.97 Å². The molecule has 0 amide bonds. The number of thioether (sulfide) groups is 1. The van der Waals surface area contributed by atoms with Crippen LogP contribution < -0.4 is 0 Å². The van der Waals surface area contributed by atoms with Crippen molar-refractivity contribution < 1.29 is 14.3 Å². The topological polar surface area (TPSA) is 66.0 Å². The summed E-state index contributed by atoms with van der Waals surface area (Å²) < 4.78 is 13.7. The molecule has 4 nitrogen and oxygen atoms in total. The summed E-state index contributed by atoms with van der Waals surface area (Å²) in [5, 5.41) is 8.95. The monoisotopic (exact) mass is 302 g/mol. The molecule has 0 spiro atoms. The van der Waals surface area contributed by atoms with Crippen LogP contribution in [-0.2, 0) is 0 Å². The number of H-pyrrole nitrogens is 1. The van der Waals surface area contributed by atoms with Crippen LogP contribution >= 0.6 is 11.8 Å². The molecule has 2 N–H and O–H groups in total. The number of hydrogen-bond acceptors (Lipinski definition) is 3. The zero-order chi connectivity index (χ0) is 15.0. The maximum atomic E-state index is 13.7. The van der Waals surface area contributed by atoms with Gasteiger partial charge in [-0.05, 0) is 18.4 Å². The molecular formula is C15H11FN2O2S. The maximum absolute atomic E-state index is 13.7. The minimum atomic E-state index is -1.30. The summed E-state index contributed by atoms with van der Waals surface area (Å²) in [6, 6.07) is 10.1. The summed E-state index contributed by atoms with van der Waals surface area (Å²) in [5.41, 5.74) is 1.43. The van der Waals surface area contributed by atoms with Crippen LogP contribution in [0.15, 0.2) is 41.3 Å². The third kappa shape index (κ3) is 2.38. The summed E-state index contributed by atoms with van der Waals surface area (Å²) in [5.74, 6) is -1.48. The Hall–Kier alpha value is -2.34. The van der Waals surface area contributed by atoms with Crippen molar-refractivity contribution in [2.24, 2.45) is 0 Å². The average molecular weight is 302 g/mol. The third-order valence-corrected chi connectivity index (χ3v) is 3.96. The van der Waals surface area contributed by atoms with Gasteiger partial charge in [-0.1, -0.05) is 18.2 Å². The Labute approximate surface area is 124 Å². The van der Waals surface area contributed by atoms with Gasteiger partial charge in [-0.3, -0.25) is 0 Å². The van der Waals surface area contributed by atoms with Gasteiger partial charge in [-0.2, -0.15) is 0 Å². The van der Waals surface area contributed by atoms with Crippen LogP contribution in [0.5, 0.6) is 0 Å². The number of benzene rings is 2. The second kappa shape index (κ2) is 5.21. The van der Waals surface area contributed by atoms with Gasteiger partial charge in [-0.15, -0.1) is 11.8 Å². The van der Waals surface area contributed by atoms with Gasteiger partial charge in [0.1, 0.15) is 11.6 Å². The standard InChI is InChI=1S/C15H11FN2O2S/c1-21-13-5-3-2-4-8(13)14-17-11-6-9(15(19)20)10(16)7-12(11)18-14/h2-7H,1H3,(H,17,18)(H,19,20). The summed E-state index contributed by atoms with van der Waals surface area (Å²) >= 11 is 1.58. The fraction of sp³-hybridized carbons (Fsp3) is 0.0667. The first-order valence-electron chi connectivity index (χ1n) is 6.16. The van der Waals surface area contributed by atoms with E-state index in [1.807, 2.05) is 30.5 Å². The lowest BCUT2D eigenvalue weighted by Crippen LogP contribution is -1.99. The quantitative estimate of drug-likeness (QED) is 0.722. The van der Waals surface area contributed by atoms with Crippen molar-refractivity contribution in [2.45, 2.75) is 4.90 Å². The first kappa shape index (κ1) is 13.6. The lowest BCUT2D eigenvalue weighted by Gasteiger charge is -2.02. The normalized spacial score (nSPS) is 11.0. The van der Waals surface area contributed by atoms with E-state index in [4.69, 9.17) is 5.11 Å². The number of rotatable bonds is 3. The van der Waals surface area contributed by atoms with Crippen LogP contribution in [0.25, 0.3) is 22.4 Å². The van der Waals surface area contributed by atoms with Crippen molar-refractivity contribution >= 4 is 28.8 Å². The number of carbonyl (C=O) groups is 1. The second-order valence-corrected chi connectivity index (χ2v) is 5.29. The molecule has 2 aromatic carbocycles. The Bertz CT molecular complexity index is 845. The highest BCUT2D eigenvalue weighted by atomic mass is 32.2. The molecule has 0 bridgehead atoms. The third-order valence-electron chi connectivity index (χ3n) is 3.16. The molecule has 0 saturated carbocycles. The zero-order valence-corrected chi connectivity index (χ0v) is 11.9. The number of hydrogen-bond donors (Lipinski definition) is 2. The summed E-state index contributed by atoms with van der Waals surface area (Å²) in [6.45, 7) is 0. The van der Waals surface area contributed by atoms with Gasteiger partial charge in [0.15, 0.2) is 0 Å². The van der Waals surface area contributed by atoms with Gasteiger partial charge in [0.2, 0.25) is 0 Å². The molecule has 3 aromatic rings. The van der Waals surface area contributed by atoms with Gasteiger partial charge in [0.05, 0.1) is 16.6 Å². The van der Waals surface area contributed by atoms with Crippen molar-refractivity contribution in [3.63, 3.8) is 0 Å². The van der Waals surface area contributed by atoms with Crippen LogP contribution in [0.2, 0.25) is 0 Å². The van der Waals surface area contributed by atoms with Crippen LogP contribution in [0.1, 0.15) is 10.4 Å².